The van der Waals surface area contributed by atoms with Crippen molar-refractivity contribution in [2.45, 2.75) is 39.8 Å². The highest BCUT2D eigenvalue weighted by Gasteiger charge is 2.17. The first-order valence-corrected chi connectivity index (χ1v) is 11.9. The minimum absolute atomic E-state index is 0.0660. The van der Waals surface area contributed by atoms with Crippen LogP contribution in [0.2, 0.25) is 0 Å². The molecule has 1 aromatic heterocycles. The molecule has 1 fully saturated rings. The lowest BCUT2D eigenvalue weighted by molar-refractivity contribution is -0.121. The van der Waals surface area contributed by atoms with Crippen molar-refractivity contribution >= 4 is 5.91 Å². The number of carbonyl (C=O) groups excluding carboxylic acids is 1. The van der Waals surface area contributed by atoms with Gasteiger partial charge >= 0.3 is 0 Å². The monoisotopic (exact) mass is 465 g/mol. The summed E-state index contributed by atoms with van der Waals surface area (Å²) >= 11 is 0. The van der Waals surface area contributed by atoms with Crippen LogP contribution < -0.4 is 5.32 Å². The van der Waals surface area contributed by atoms with E-state index in [1.807, 2.05) is 6.07 Å². The van der Waals surface area contributed by atoms with E-state index in [2.05, 4.69) is 50.4 Å². The number of rotatable bonds is 9. The van der Waals surface area contributed by atoms with Crippen LogP contribution in [0.25, 0.3) is 11.4 Å². The number of hydrogen-bond donors (Lipinski definition) is 1. The average molecular weight is 466 g/mol. The number of nitrogens with zero attached hydrogens (tertiary/aromatic N) is 4. The molecule has 34 heavy (non-hydrogen) atoms. The minimum Gasteiger partial charge on any atom is -0.352 e. The Kier molecular flexibility index (Phi) is 8.03. The fourth-order valence-corrected chi connectivity index (χ4v) is 4.15. The quantitative estimate of drug-likeness (QED) is 0.521. The molecule has 0 spiro atoms. The predicted octanol–water partition coefficient (Wildman–Crippen LogP) is 3.57. The van der Waals surface area contributed by atoms with E-state index in [0.29, 0.717) is 35.8 Å². The van der Waals surface area contributed by atoms with Gasteiger partial charge in [0.15, 0.2) is 0 Å². The number of amides is 1. The van der Waals surface area contributed by atoms with E-state index < -0.39 is 0 Å². The van der Waals surface area contributed by atoms with Crippen molar-refractivity contribution in [3.63, 3.8) is 0 Å². The SMILES string of the molecule is CCN1CCN(Cc2ccccc2CNC(=O)CCc2nc(-c3ccc(F)c(C)c3)no2)CC1. The van der Waals surface area contributed by atoms with Gasteiger partial charge in [0.2, 0.25) is 17.6 Å². The van der Waals surface area contributed by atoms with Crippen LogP contribution in [0, 0.1) is 12.7 Å². The van der Waals surface area contributed by atoms with Gasteiger partial charge in [0.1, 0.15) is 5.82 Å². The number of halogens is 1. The van der Waals surface area contributed by atoms with E-state index in [9.17, 15) is 9.18 Å². The van der Waals surface area contributed by atoms with E-state index in [0.717, 1.165) is 44.8 Å². The second-order valence-electron chi connectivity index (χ2n) is 8.73. The number of likely N-dealkylation sites (N-methyl/N-ethyl adjacent to an activating group) is 1. The number of nitrogens with one attached hydrogen (secondary N) is 1. The van der Waals surface area contributed by atoms with Gasteiger partial charge in [-0.3, -0.25) is 9.69 Å². The first-order valence-electron chi connectivity index (χ1n) is 11.9. The normalized spacial score (nSPS) is 14.9. The van der Waals surface area contributed by atoms with Crippen LogP contribution in [0.3, 0.4) is 0 Å². The lowest BCUT2D eigenvalue weighted by Crippen LogP contribution is -2.45. The van der Waals surface area contributed by atoms with Crippen LogP contribution in [0.5, 0.6) is 0 Å². The van der Waals surface area contributed by atoms with Gasteiger partial charge in [-0.15, -0.1) is 0 Å². The molecule has 0 radical (unpaired) electrons. The molecule has 2 heterocycles. The zero-order valence-electron chi connectivity index (χ0n) is 19.9. The third-order valence-corrected chi connectivity index (χ3v) is 6.35. The summed E-state index contributed by atoms with van der Waals surface area (Å²) in [4.78, 5) is 21.7. The fourth-order valence-electron chi connectivity index (χ4n) is 4.15. The van der Waals surface area contributed by atoms with Crippen LogP contribution in [0.1, 0.15) is 35.9 Å². The first-order chi connectivity index (χ1) is 16.5. The average Bonchev–Trinajstić information content (AvgIpc) is 3.33. The Labute approximate surface area is 200 Å². The lowest BCUT2D eigenvalue weighted by atomic mass is 10.1. The van der Waals surface area contributed by atoms with Gasteiger partial charge < -0.3 is 14.7 Å². The number of hydrogen-bond acceptors (Lipinski definition) is 6. The molecular formula is C26H32FN5O2. The maximum atomic E-state index is 13.5. The van der Waals surface area contributed by atoms with Gasteiger partial charge in [0.05, 0.1) is 0 Å². The molecule has 0 unspecified atom stereocenters. The second-order valence-corrected chi connectivity index (χ2v) is 8.73. The Morgan fingerprint density at radius 2 is 1.82 bits per heavy atom. The predicted molar refractivity (Wildman–Crippen MR) is 128 cm³/mol. The number of benzene rings is 2. The molecule has 1 N–H and O–H groups in total. The van der Waals surface area contributed by atoms with Crippen molar-refractivity contribution in [1.29, 1.82) is 0 Å². The van der Waals surface area contributed by atoms with Gasteiger partial charge in [-0.1, -0.05) is 36.3 Å². The van der Waals surface area contributed by atoms with Crippen molar-refractivity contribution in [2.24, 2.45) is 0 Å². The number of piperazine rings is 1. The summed E-state index contributed by atoms with van der Waals surface area (Å²) in [7, 11) is 0. The molecule has 180 valence electrons. The lowest BCUT2D eigenvalue weighted by Gasteiger charge is -2.34. The highest BCUT2D eigenvalue weighted by molar-refractivity contribution is 5.76. The van der Waals surface area contributed by atoms with Gasteiger partial charge in [-0.25, -0.2) is 4.39 Å². The topological polar surface area (TPSA) is 74.5 Å². The van der Waals surface area contributed by atoms with Crippen LogP contribution >= 0.6 is 0 Å². The van der Waals surface area contributed by atoms with E-state index in [4.69, 9.17) is 4.52 Å². The smallest absolute Gasteiger partial charge is 0.227 e. The molecule has 1 aliphatic heterocycles. The highest BCUT2D eigenvalue weighted by Crippen LogP contribution is 2.19. The summed E-state index contributed by atoms with van der Waals surface area (Å²) in [5.41, 5.74) is 3.60. The molecule has 4 rings (SSSR count). The van der Waals surface area contributed by atoms with Crippen molar-refractivity contribution in [3.05, 3.63) is 70.9 Å². The zero-order valence-corrected chi connectivity index (χ0v) is 19.9. The summed E-state index contributed by atoms with van der Waals surface area (Å²) in [5.74, 6) is 0.444. The molecule has 0 aliphatic carbocycles. The van der Waals surface area contributed by atoms with Crippen LogP contribution in [-0.4, -0.2) is 58.6 Å². The molecule has 0 bridgehead atoms. The molecule has 7 nitrogen and oxygen atoms in total. The third-order valence-electron chi connectivity index (χ3n) is 6.35. The van der Waals surface area contributed by atoms with Crippen LogP contribution in [-0.2, 0) is 24.3 Å². The van der Waals surface area contributed by atoms with Crippen molar-refractivity contribution in [3.8, 4) is 11.4 Å². The summed E-state index contributed by atoms with van der Waals surface area (Å²) in [6.07, 6.45) is 0.605. The van der Waals surface area contributed by atoms with E-state index >= 15 is 0 Å². The molecule has 8 heteroatoms. The fraction of sp³-hybridized carbons (Fsp3) is 0.423. The van der Waals surface area contributed by atoms with Crippen LogP contribution in [0.4, 0.5) is 4.39 Å². The molecule has 3 aromatic rings. The Morgan fingerprint density at radius 1 is 1.09 bits per heavy atom. The molecule has 1 saturated heterocycles. The molecule has 2 aromatic carbocycles. The minimum atomic E-state index is -0.273. The van der Waals surface area contributed by atoms with E-state index in [-0.39, 0.29) is 18.1 Å². The van der Waals surface area contributed by atoms with Gasteiger partial charge in [-0.2, -0.15) is 4.98 Å². The third kappa shape index (κ3) is 6.27. The van der Waals surface area contributed by atoms with E-state index in [1.54, 1.807) is 19.1 Å². The number of aryl methyl sites for hydroxylation is 2. The Bertz CT molecular complexity index is 1110. The molecule has 1 aliphatic rings. The Balaban J connectivity index is 1.26. The maximum absolute atomic E-state index is 13.5. The largest absolute Gasteiger partial charge is 0.352 e. The van der Waals surface area contributed by atoms with Crippen molar-refractivity contribution in [2.75, 3.05) is 32.7 Å². The number of aromatic nitrogens is 2. The molecule has 0 atom stereocenters. The van der Waals surface area contributed by atoms with Gasteiger partial charge in [0.25, 0.3) is 0 Å². The molecule has 0 saturated carbocycles. The molecular weight excluding hydrogens is 433 g/mol. The second kappa shape index (κ2) is 11.4. The first kappa shape index (κ1) is 24.0. The Hall–Kier alpha value is -3.10. The summed E-state index contributed by atoms with van der Waals surface area (Å²) in [6.45, 7) is 10.7. The highest BCUT2D eigenvalue weighted by atomic mass is 19.1. The maximum Gasteiger partial charge on any atom is 0.227 e. The van der Waals surface area contributed by atoms with Crippen molar-refractivity contribution in [1.82, 2.24) is 25.3 Å². The number of carbonyl (C=O) groups is 1. The molecule has 1 amide bonds. The summed E-state index contributed by atoms with van der Waals surface area (Å²) < 4.78 is 18.8. The zero-order chi connectivity index (χ0) is 23.9. The van der Waals surface area contributed by atoms with Gasteiger partial charge in [0, 0.05) is 57.7 Å². The standard InChI is InChI=1S/C26H32FN5O2/c1-3-31-12-14-32(15-13-31)18-22-7-5-4-6-21(22)17-28-24(33)10-11-25-29-26(30-34-25)20-8-9-23(27)19(2)16-20/h4-9,16H,3,10-15,17-18H2,1-2H3,(H,28,33). The summed E-state index contributed by atoms with van der Waals surface area (Å²) in [6, 6.07) is 13.0. The van der Waals surface area contributed by atoms with Gasteiger partial charge in [-0.05, 0) is 48.4 Å². The Morgan fingerprint density at radius 3 is 2.56 bits per heavy atom. The van der Waals surface area contributed by atoms with Crippen LogP contribution in [0.15, 0.2) is 47.0 Å². The summed E-state index contributed by atoms with van der Waals surface area (Å²) in [5, 5.41) is 6.98. The van der Waals surface area contributed by atoms with Crippen molar-refractivity contribution < 1.29 is 13.7 Å². The van der Waals surface area contributed by atoms with E-state index in [1.165, 1.54) is 11.6 Å².